The zero-order chi connectivity index (χ0) is 14.7. The van der Waals surface area contributed by atoms with Crippen molar-refractivity contribution in [3.8, 4) is 0 Å². The Morgan fingerprint density at radius 2 is 1.81 bits per heavy atom. The third kappa shape index (κ3) is 3.32. The molecule has 0 unspecified atom stereocenters. The Morgan fingerprint density at radius 1 is 1.10 bits per heavy atom. The number of fused-ring (bicyclic) bond motifs is 1. The van der Waals surface area contributed by atoms with Crippen molar-refractivity contribution in [3.05, 3.63) is 60.2 Å². The van der Waals surface area contributed by atoms with Crippen LogP contribution < -0.4 is 5.32 Å². The first-order chi connectivity index (χ1) is 10.2. The van der Waals surface area contributed by atoms with Crippen LogP contribution in [0.4, 0.5) is 5.13 Å². The Labute approximate surface area is 131 Å². The van der Waals surface area contributed by atoms with Crippen molar-refractivity contribution in [1.29, 1.82) is 0 Å². The number of amides is 1. The molecule has 0 saturated carbocycles. The molecule has 0 aliphatic carbocycles. The summed E-state index contributed by atoms with van der Waals surface area (Å²) >= 11 is 6.76. The fourth-order valence-corrected chi connectivity index (χ4v) is 3.11. The van der Waals surface area contributed by atoms with E-state index < -0.39 is 0 Å². The minimum atomic E-state index is -0.136. The predicted molar refractivity (Wildman–Crippen MR) is 91.0 cm³/mol. The molecule has 0 saturated heterocycles. The van der Waals surface area contributed by atoms with E-state index in [-0.39, 0.29) is 12.3 Å². The summed E-state index contributed by atoms with van der Waals surface area (Å²) in [5.74, 6) is -0.136. The number of para-hydroxylation sites is 1. The molecular formula is C16H12N2OS2. The number of nitrogens with zero attached hydrogens (tertiary/aromatic N) is 1. The minimum absolute atomic E-state index is 0.136. The van der Waals surface area contributed by atoms with E-state index >= 15 is 0 Å². The van der Waals surface area contributed by atoms with Crippen molar-refractivity contribution in [2.24, 2.45) is 0 Å². The molecule has 0 aliphatic rings. The maximum atomic E-state index is 12.0. The van der Waals surface area contributed by atoms with Crippen LogP contribution in [0.25, 0.3) is 10.2 Å². The molecule has 0 bridgehead atoms. The van der Waals surface area contributed by atoms with Crippen molar-refractivity contribution < 1.29 is 4.79 Å². The molecule has 104 valence electrons. The van der Waals surface area contributed by atoms with Gasteiger partial charge in [-0.2, -0.15) is 0 Å². The van der Waals surface area contributed by atoms with E-state index in [0.717, 1.165) is 15.8 Å². The van der Waals surface area contributed by atoms with Gasteiger partial charge in [0.25, 0.3) is 0 Å². The molecule has 0 spiro atoms. The van der Waals surface area contributed by atoms with Crippen LogP contribution in [0.1, 0.15) is 12.0 Å². The standard InChI is InChI=1S/C16H12N2OS2/c19-15(10-13(20)11-6-2-1-3-7-11)18-16-17-12-8-4-5-9-14(12)21-16/h1-9H,10H2,(H,17,18,19). The molecule has 1 amide bonds. The third-order valence-corrected chi connectivity index (χ3v) is 4.29. The second-order valence-corrected chi connectivity index (χ2v) is 6.02. The van der Waals surface area contributed by atoms with Gasteiger partial charge in [-0.3, -0.25) is 4.79 Å². The lowest BCUT2D eigenvalue weighted by Gasteiger charge is -2.03. The van der Waals surface area contributed by atoms with Gasteiger partial charge in [-0.15, -0.1) is 0 Å². The lowest BCUT2D eigenvalue weighted by molar-refractivity contribution is -0.115. The number of hydrogen-bond donors (Lipinski definition) is 1. The topological polar surface area (TPSA) is 42.0 Å². The van der Waals surface area contributed by atoms with E-state index in [0.29, 0.717) is 10.00 Å². The summed E-state index contributed by atoms with van der Waals surface area (Å²) in [6, 6.07) is 17.4. The first kappa shape index (κ1) is 13.9. The highest BCUT2D eigenvalue weighted by molar-refractivity contribution is 7.80. The number of thiocarbonyl (C=S) groups is 1. The molecule has 0 atom stereocenters. The monoisotopic (exact) mass is 312 g/mol. The summed E-state index contributed by atoms with van der Waals surface area (Å²) in [4.78, 5) is 17.1. The van der Waals surface area contributed by atoms with Crippen LogP contribution in [-0.4, -0.2) is 15.8 Å². The van der Waals surface area contributed by atoms with E-state index in [1.54, 1.807) is 0 Å². The van der Waals surface area contributed by atoms with Gasteiger partial charge >= 0.3 is 0 Å². The minimum Gasteiger partial charge on any atom is -0.302 e. The molecule has 3 rings (SSSR count). The van der Waals surface area contributed by atoms with Gasteiger partial charge in [0.05, 0.1) is 16.6 Å². The average Bonchev–Trinajstić information content (AvgIpc) is 2.90. The van der Waals surface area contributed by atoms with Gasteiger partial charge in [0.1, 0.15) is 0 Å². The molecule has 0 aliphatic heterocycles. The number of carbonyl (C=O) groups excluding carboxylic acids is 1. The van der Waals surface area contributed by atoms with Gasteiger partial charge in [0, 0.05) is 4.86 Å². The van der Waals surface area contributed by atoms with E-state index in [9.17, 15) is 4.79 Å². The van der Waals surface area contributed by atoms with E-state index in [2.05, 4.69) is 10.3 Å². The molecule has 0 fully saturated rings. The van der Waals surface area contributed by atoms with Crippen molar-refractivity contribution in [2.45, 2.75) is 6.42 Å². The van der Waals surface area contributed by atoms with Gasteiger partial charge in [-0.1, -0.05) is 66.0 Å². The Hall–Kier alpha value is -2.11. The fourth-order valence-electron chi connectivity index (χ4n) is 1.96. The third-order valence-electron chi connectivity index (χ3n) is 2.96. The van der Waals surface area contributed by atoms with Crippen LogP contribution in [0.15, 0.2) is 54.6 Å². The summed E-state index contributed by atoms with van der Waals surface area (Å²) < 4.78 is 1.05. The molecule has 3 nitrogen and oxygen atoms in total. The molecule has 1 heterocycles. The van der Waals surface area contributed by atoms with Crippen LogP contribution in [0.5, 0.6) is 0 Å². The van der Waals surface area contributed by atoms with Gasteiger partial charge < -0.3 is 5.32 Å². The number of aromatic nitrogens is 1. The van der Waals surface area contributed by atoms with Gasteiger partial charge in [0.2, 0.25) is 5.91 Å². The van der Waals surface area contributed by atoms with E-state index in [1.807, 2.05) is 54.6 Å². The molecule has 5 heteroatoms. The van der Waals surface area contributed by atoms with Crippen LogP contribution >= 0.6 is 23.6 Å². The summed E-state index contributed by atoms with van der Waals surface area (Å²) in [7, 11) is 0. The normalized spacial score (nSPS) is 10.5. The summed E-state index contributed by atoms with van der Waals surface area (Å²) in [5, 5.41) is 3.42. The van der Waals surface area contributed by atoms with Gasteiger partial charge in [-0.25, -0.2) is 4.98 Å². The zero-order valence-corrected chi connectivity index (χ0v) is 12.7. The molecule has 3 aromatic rings. The summed E-state index contributed by atoms with van der Waals surface area (Å²) in [6.45, 7) is 0. The summed E-state index contributed by atoms with van der Waals surface area (Å²) in [6.07, 6.45) is 0.190. The zero-order valence-electron chi connectivity index (χ0n) is 11.1. The van der Waals surface area contributed by atoms with Crippen molar-refractivity contribution >= 4 is 49.7 Å². The molecule has 21 heavy (non-hydrogen) atoms. The Bertz CT molecular complexity index is 763. The number of carbonyl (C=O) groups is 1. The van der Waals surface area contributed by atoms with Gasteiger partial charge in [-0.05, 0) is 17.7 Å². The molecule has 0 radical (unpaired) electrons. The highest BCUT2D eigenvalue weighted by Crippen LogP contribution is 2.25. The van der Waals surface area contributed by atoms with Crippen molar-refractivity contribution in [2.75, 3.05) is 5.32 Å². The number of anilines is 1. The SMILES string of the molecule is O=C(CC(=S)c1ccccc1)Nc1nc2ccccc2s1. The van der Waals surface area contributed by atoms with Crippen molar-refractivity contribution in [3.63, 3.8) is 0 Å². The second kappa shape index (κ2) is 6.11. The van der Waals surface area contributed by atoms with Gasteiger partial charge in [0.15, 0.2) is 5.13 Å². The van der Waals surface area contributed by atoms with E-state index in [4.69, 9.17) is 12.2 Å². The average molecular weight is 312 g/mol. The van der Waals surface area contributed by atoms with Crippen LogP contribution in [-0.2, 0) is 4.79 Å². The maximum absolute atomic E-state index is 12.0. The van der Waals surface area contributed by atoms with Crippen molar-refractivity contribution in [1.82, 2.24) is 4.98 Å². The molecule has 1 N–H and O–H groups in total. The Kier molecular flexibility index (Phi) is 4.03. The lowest BCUT2D eigenvalue weighted by atomic mass is 10.1. The number of nitrogens with one attached hydrogen (secondary N) is 1. The number of thiazole rings is 1. The molecule has 1 aromatic heterocycles. The second-order valence-electron chi connectivity index (χ2n) is 4.50. The van der Waals surface area contributed by atoms with Crippen LogP contribution in [0.3, 0.4) is 0 Å². The van der Waals surface area contributed by atoms with Crippen LogP contribution in [0.2, 0.25) is 0 Å². The number of rotatable bonds is 4. The Balaban J connectivity index is 1.67. The highest BCUT2D eigenvalue weighted by Gasteiger charge is 2.10. The largest absolute Gasteiger partial charge is 0.302 e. The summed E-state index contributed by atoms with van der Waals surface area (Å²) in [5.41, 5.74) is 1.80. The smallest absolute Gasteiger partial charge is 0.231 e. The predicted octanol–water partition coefficient (Wildman–Crippen LogP) is 4.04. The first-order valence-electron chi connectivity index (χ1n) is 6.46. The molecule has 2 aromatic carbocycles. The fraction of sp³-hybridized carbons (Fsp3) is 0.0625. The molecular weight excluding hydrogens is 300 g/mol. The van der Waals surface area contributed by atoms with Crippen LogP contribution in [0, 0.1) is 0 Å². The maximum Gasteiger partial charge on any atom is 0.231 e. The highest BCUT2D eigenvalue weighted by atomic mass is 32.1. The van der Waals surface area contributed by atoms with E-state index in [1.165, 1.54) is 11.3 Å². The lowest BCUT2D eigenvalue weighted by Crippen LogP contribution is -2.15. The quantitative estimate of drug-likeness (QED) is 0.584. The first-order valence-corrected chi connectivity index (χ1v) is 7.68. The Morgan fingerprint density at radius 3 is 2.57 bits per heavy atom. The number of hydrogen-bond acceptors (Lipinski definition) is 4. The number of benzene rings is 2.